The maximum atomic E-state index is 14.4. The molecule has 0 aliphatic rings. The summed E-state index contributed by atoms with van der Waals surface area (Å²) in [6.07, 6.45) is -0.101. The van der Waals surface area contributed by atoms with Crippen molar-refractivity contribution < 1.29 is 13.9 Å². The molecule has 5 nitrogen and oxygen atoms in total. The lowest BCUT2D eigenvalue weighted by Gasteiger charge is -2.17. The van der Waals surface area contributed by atoms with E-state index >= 15 is 0 Å². The number of fused-ring (bicyclic) bond motifs is 1. The third-order valence-corrected chi connectivity index (χ3v) is 3.79. The van der Waals surface area contributed by atoms with Gasteiger partial charge in [0.2, 0.25) is 0 Å². The van der Waals surface area contributed by atoms with Gasteiger partial charge in [0, 0.05) is 0 Å². The molecule has 0 aliphatic heterocycles. The van der Waals surface area contributed by atoms with Gasteiger partial charge in [-0.3, -0.25) is 0 Å². The summed E-state index contributed by atoms with van der Waals surface area (Å²) in [5.41, 5.74) is 8.04. The molecule has 1 atom stereocenters. The lowest BCUT2D eigenvalue weighted by molar-refractivity contribution is 0.222. The fraction of sp³-hybridized carbons (Fsp3) is 0.263. The van der Waals surface area contributed by atoms with Gasteiger partial charge in [0.05, 0.1) is 35.9 Å². The van der Waals surface area contributed by atoms with Gasteiger partial charge in [0.25, 0.3) is 0 Å². The number of ether oxygens (including phenoxy) is 2. The lowest BCUT2D eigenvalue weighted by Crippen LogP contribution is -2.17. The van der Waals surface area contributed by atoms with Crippen LogP contribution in [0.3, 0.4) is 0 Å². The number of hydrogen-bond acceptors (Lipinski definition) is 5. The van der Waals surface area contributed by atoms with Crippen LogP contribution in [0.4, 0.5) is 4.39 Å². The number of benzene rings is 2. The first-order valence-electron chi connectivity index (χ1n) is 8.02. The first kappa shape index (κ1) is 17.1. The van der Waals surface area contributed by atoms with Crippen LogP contribution in [0.5, 0.6) is 11.8 Å². The van der Waals surface area contributed by atoms with Crippen LogP contribution in [-0.2, 0) is 0 Å². The lowest BCUT2D eigenvalue weighted by atomic mass is 10.0. The fourth-order valence-corrected chi connectivity index (χ4v) is 2.60. The molecular formula is C19H20FN3O2. The van der Waals surface area contributed by atoms with Crippen molar-refractivity contribution >= 4 is 10.9 Å². The standard InChI is InChI=1S/C19H20FN3O2/c1-11(2)25-19-22-15-6-4-5-14(20)16(15)18(23-19)17(21)12-7-9-13(24-3)10-8-12/h4-11,17H,21H2,1-3H3. The molecule has 1 aromatic heterocycles. The van der Waals surface area contributed by atoms with Gasteiger partial charge in [-0.15, -0.1) is 0 Å². The van der Waals surface area contributed by atoms with Gasteiger partial charge >= 0.3 is 6.01 Å². The molecule has 0 amide bonds. The van der Waals surface area contributed by atoms with E-state index in [9.17, 15) is 4.39 Å². The van der Waals surface area contributed by atoms with Crippen LogP contribution >= 0.6 is 0 Å². The van der Waals surface area contributed by atoms with Gasteiger partial charge in [-0.2, -0.15) is 9.97 Å². The Morgan fingerprint density at radius 2 is 1.76 bits per heavy atom. The van der Waals surface area contributed by atoms with E-state index in [0.717, 1.165) is 11.3 Å². The topological polar surface area (TPSA) is 70.3 Å². The van der Waals surface area contributed by atoms with Crippen molar-refractivity contribution in [3.8, 4) is 11.8 Å². The highest BCUT2D eigenvalue weighted by Gasteiger charge is 2.20. The Labute approximate surface area is 145 Å². The Bertz CT molecular complexity index is 882. The average Bonchev–Trinajstić information content (AvgIpc) is 2.60. The Morgan fingerprint density at radius 3 is 2.40 bits per heavy atom. The number of halogens is 1. The molecule has 0 bridgehead atoms. The minimum absolute atomic E-state index is 0.101. The zero-order valence-electron chi connectivity index (χ0n) is 14.4. The fourth-order valence-electron chi connectivity index (χ4n) is 2.60. The van der Waals surface area contributed by atoms with E-state index in [-0.39, 0.29) is 12.1 Å². The van der Waals surface area contributed by atoms with Crippen molar-refractivity contribution in [2.75, 3.05) is 7.11 Å². The highest BCUT2D eigenvalue weighted by atomic mass is 19.1. The second kappa shape index (κ2) is 7.03. The molecule has 0 aliphatic carbocycles. The summed E-state index contributed by atoms with van der Waals surface area (Å²) in [7, 11) is 1.60. The van der Waals surface area contributed by atoms with E-state index < -0.39 is 11.9 Å². The number of aromatic nitrogens is 2. The van der Waals surface area contributed by atoms with Crippen molar-refractivity contribution in [3.05, 3.63) is 59.5 Å². The van der Waals surface area contributed by atoms with Crippen LogP contribution < -0.4 is 15.2 Å². The third kappa shape index (κ3) is 3.53. The SMILES string of the molecule is COc1ccc(C(N)c2nc(OC(C)C)nc3cccc(F)c23)cc1. The highest BCUT2D eigenvalue weighted by Crippen LogP contribution is 2.29. The Morgan fingerprint density at radius 1 is 1.04 bits per heavy atom. The summed E-state index contributed by atoms with van der Waals surface area (Å²) < 4.78 is 25.2. The molecule has 0 fully saturated rings. The number of hydrogen-bond donors (Lipinski definition) is 1. The molecular weight excluding hydrogens is 321 g/mol. The first-order chi connectivity index (χ1) is 12.0. The van der Waals surface area contributed by atoms with Crippen LogP contribution in [0.1, 0.15) is 31.1 Å². The Balaban J connectivity index is 2.14. The average molecular weight is 341 g/mol. The zero-order chi connectivity index (χ0) is 18.0. The van der Waals surface area contributed by atoms with E-state index in [0.29, 0.717) is 16.6 Å². The van der Waals surface area contributed by atoms with E-state index in [1.807, 2.05) is 26.0 Å². The van der Waals surface area contributed by atoms with Crippen LogP contribution in [-0.4, -0.2) is 23.2 Å². The van der Waals surface area contributed by atoms with E-state index in [2.05, 4.69) is 9.97 Å². The number of rotatable bonds is 5. The molecule has 3 aromatic rings. The predicted octanol–water partition coefficient (Wildman–Crippen LogP) is 3.61. The zero-order valence-corrected chi connectivity index (χ0v) is 14.4. The molecule has 0 saturated heterocycles. The minimum atomic E-state index is -0.622. The van der Waals surface area contributed by atoms with Gasteiger partial charge in [-0.05, 0) is 43.7 Å². The summed E-state index contributed by atoms with van der Waals surface area (Å²) in [5, 5.41) is 0.307. The second-order valence-electron chi connectivity index (χ2n) is 5.94. The molecule has 1 heterocycles. The summed E-state index contributed by atoms with van der Waals surface area (Å²) in [5.74, 6) is 0.311. The number of nitrogens with zero attached hydrogens (tertiary/aromatic N) is 2. The maximum Gasteiger partial charge on any atom is 0.317 e. The van der Waals surface area contributed by atoms with Crippen molar-refractivity contribution in [3.63, 3.8) is 0 Å². The summed E-state index contributed by atoms with van der Waals surface area (Å²) in [4.78, 5) is 8.68. The molecule has 0 radical (unpaired) electrons. The van der Waals surface area contributed by atoms with Crippen molar-refractivity contribution in [2.24, 2.45) is 5.73 Å². The Kier molecular flexibility index (Phi) is 4.81. The summed E-state index contributed by atoms with van der Waals surface area (Å²) in [6.45, 7) is 3.75. The third-order valence-electron chi connectivity index (χ3n) is 3.79. The summed E-state index contributed by atoms with van der Waals surface area (Å²) in [6, 6.07) is 11.5. The van der Waals surface area contributed by atoms with E-state index in [1.54, 1.807) is 31.4 Å². The molecule has 2 N–H and O–H groups in total. The number of nitrogens with two attached hydrogens (primary N) is 1. The molecule has 6 heteroatoms. The molecule has 25 heavy (non-hydrogen) atoms. The minimum Gasteiger partial charge on any atom is -0.497 e. The first-order valence-corrected chi connectivity index (χ1v) is 8.02. The van der Waals surface area contributed by atoms with Gasteiger partial charge < -0.3 is 15.2 Å². The van der Waals surface area contributed by atoms with Crippen LogP contribution in [0.25, 0.3) is 10.9 Å². The normalized spacial score (nSPS) is 12.4. The summed E-state index contributed by atoms with van der Waals surface area (Å²) >= 11 is 0. The smallest absolute Gasteiger partial charge is 0.317 e. The van der Waals surface area contributed by atoms with Crippen LogP contribution in [0.2, 0.25) is 0 Å². The van der Waals surface area contributed by atoms with Gasteiger partial charge in [0.1, 0.15) is 11.6 Å². The largest absolute Gasteiger partial charge is 0.497 e. The van der Waals surface area contributed by atoms with Crippen molar-refractivity contribution in [2.45, 2.75) is 26.0 Å². The Hall–Kier alpha value is -2.73. The molecule has 0 spiro atoms. The number of methoxy groups -OCH3 is 1. The van der Waals surface area contributed by atoms with Gasteiger partial charge in [-0.25, -0.2) is 4.39 Å². The van der Waals surface area contributed by atoms with Crippen molar-refractivity contribution in [1.82, 2.24) is 9.97 Å². The monoisotopic (exact) mass is 341 g/mol. The predicted molar refractivity (Wildman–Crippen MR) is 94.3 cm³/mol. The molecule has 130 valence electrons. The highest BCUT2D eigenvalue weighted by molar-refractivity contribution is 5.82. The van der Waals surface area contributed by atoms with Crippen molar-refractivity contribution in [1.29, 1.82) is 0 Å². The van der Waals surface area contributed by atoms with Crippen LogP contribution in [0, 0.1) is 5.82 Å². The molecule has 2 aromatic carbocycles. The van der Waals surface area contributed by atoms with Crippen LogP contribution in [0.15, 0.2) is 42.5 Å². The molecule has 1 unspecified atom stereocenters. The van der Waals surface area contributed by atoms with Gasteiger partial charge in [0.15, 0.2) is 0 Å². The van der Waals surface area contributed by atoms with Gasteiger partial charge in [-0.1, -0.05) is 18.2 Å². The second-order valence-corrected chi connectivity index (χ2v) is 5.94. The van der Waals surface area contributed by atoms with E-state index in [4.69, 9.17) is 15.2 Å². The van der Waals surface area contributed by atoms with E-state index in [1.165, 1.54) is 6.07 Å². The molecule has 0 saturated carbocycles. The molecule has 3 rings (SSSR count). The quantitative estimate of drug-likeness (QED) is 0.767. The maximum absolute atomic E-state index is 14.4.